The van der Waals surface area contributed by atoms with Crippen molar-refractivity contribution in [2.75, 3.05) is 0 Å². The Kier molecular flexibility index (Phi) is 4.58. The van der Waals surface area contributed by atoms with Crippen molar-refractivity contribution in [3.8, 4) is 0 Å². The molecule has 4 nitrogen and oxygen atoms in total. The van der Waals surface area contributed by atoms with Gasteiger partial charge in [-0.2, -0.15) is 0 Å². The van der Waals surface area contributed by atoms with Gasteiger partial charge in [0.2, 0.25) is 5.91 Å². The summed E-state index contributed by atoms with van der Waals surface area (Å²) in [6, 6.07) is 0.533. The van der Waals surface area contributed by atoms with Crippen LogP contribution in [0.4, 0.5) is 8.78 Å². The molecule has 0 heterocycles. The zero-order valence-electron chi connectivity index (χ0n) is 10.9. The van der Waals surface area contributed by atoms with Gasteiger partial charge in [0.05, 0.1) is 0 Å². The number of carboxylic acids is 1. The number of hydrogen-bond acceptors (Lipinski definition) is 2. The van der Waals surface area contributed by atoms with E-state index in [-0.39, 0.29) is 5.56 Å². The Labute approximate surface area is 109 Å². The van der Waals surface area contributed by atoms with Crippen molar-refractivity contribution >= 4 is 11.9 Å². The molecule has 0 fully saturated rings. The van der Waals surface area contributed by atoms with Crippen LogP contribution in [0.1, 0.15) is 32.4 Å². The monoisotopic (exact) mass is 271 g/mol. The Morgan fingerprint density at radius 3 is 2.26 bits per heavy atom. The molecule has 0 aliphatic carbocycles. The molecule has 1 rings (SSSR count). The normalized spacial score (nSPS) is 12.3. The lowest BCUT2D eigenvalue weighted by atomic mass is 10.0. The van der Waals surface area contributed by atoms with Crippen LogP contribution in [0.25, 0.3) is 0 Å². The van der Waals surface area contributed by atoms with E-state index < -0.39 is 35.6 Å². The minimum absolute atomic E-state index is 0.364. The van der Waals surface area contributed by atoms with E-state index in [1.165, 1.54) is 6.92 Å². The Balaban J connectivity index is 3.38. The number of rotatable bonds is 4. The number of nitrogens with zero attached hydrogens (tertiary/aromatic N) is 1. The SMILES string of the molecule is CC(=O)N(C(C)C)C(C(=O)O)c1cc(F)ccc1F. The highest BCUT2D eigenvalue weighted by Gasteiger charge is 2.33. The van der Waals surface area contributed by atoms with Crippen LogP contribution in [0.3, 0.4) is 0 Å². The minimum atomic E-state index is -1.55. The third kappa shape index (κ3) is 3.27. The van der Waals surface area contributed by atoms with Crippen molar-refractivity contribution in [3.63, 3.8) is 0 Å². The van der Waals surface area contributed by atoms with Gasteiger partial charge in [-0.3, -0.25) is 4.79 Å². The predicted molar refractivity (Wildman–Crippen MR) is 64.4 cm³/mol. The maximum atomic E-state index is 13.7. The van der Waals surface area contributed by atoms with Gasteiger partial charge < -0.3 is 10.0 Å². The maximum absolute atomic E-state index is 13.7. The van der Waals surface area contributed by atoms with Crippen LogP contribution in [0.2, 0.25) is 0 Å². The molecular formula is C13H15F2NO3. The molecule has 1 atom stereocenters. The third-order valence-electron chi connectivity index (χ3n) is 2.68. The number of halogens is 2. The lowest BCUT2D eigenvalue weighted by Crippen LogP contribution is -2.42. The minimum Gasteiger partial charge on any atom is -0.479 e. The van der Waals surface area contributed by atoms with Crippen molar-refractivity contribution in [2.24, 2.45) is 0 Å². The van der Waals surface area contributed by atoms with Gasteiger partial charge >= 0.3 is 5.97 Å². The Morgan fingerprint density at radius 1 is 1.26 bits per heavy atom. The molecule has 0 aliphatic heterocycles. The summed E-state index contributed by atoms with van der Waals surface area (Å²) >= 11 is 0. The van der Waals surface area contributed by atoms with Gasteiger partial charge in [0.25, 0.3) is 0 Å². The predicted octanol–water partition coefficient (Wildman–Crippen LogP) is 2.35. The maximum Gasteiger partial charge on any atom is 0.331 e. The number of benzene rings is 1. The standard InChI is InChI=1S/C13H15F2NO3/c1-7(2)16(8(3)17)12(13(18)19)10-6-9(14)4-5-11(10)15/h4-7,12H,1-3H3,(H,18,19). The van der Waals surface area contributed by atoms with Crippen LogP contribution in [0.15, 0.2) is 18.2 Å². The summed E-state index contributed by atoms with van der Waals surface area (Å²) in [6.07, 6.45) is 0. The van der Waals surface area contributed by atoms with Crippen molar-refractivity contribution in [2.45, 2.75) is 32.9 Å². The highest BCUT2D eigenvalue weighted by molar-refractivity contribution is 5.83. The lowest BCUT2D eigenvalue weighted by Gasteiger charge is -2.32. The smallest absolute Gasteiger partial charge is 0.331 e. The highest BCUT2D eigenvalue weighted by atomic mass is 19.1. The first-order chi connectivity index (χ1) is 8.75. The van der Waals surface area contributed by atoms with Crippen molar-refractivity contribution in [3.05, 3.63) is 35.4 Å². The van der Waals surface area contributed by atoms with Crippen LogP contribution >= 0.6 is 0 Å². The molecule has 19 heavy (non-hydrogen) atoms. The van der Waals surface area contributed by atoms with E-state index >= 15 is 0 Å². The van der Waals surface area contributed by atoms with Crippen LogP contribution in [-0.2, 0) is 9.59 Å². The molecule has 0 aliphatic rings. The average Bonchev–Trinajstić information content (AvgIpc) is 2.27. The summed E-state index contributed by atoms with van der Waals surface area (Å²) in [7, 11) is 0. The second kappa shape index (κ2) is 5.77. The first-order valence-corrected chi connectivity index (χ1v) is 5.72. The molecule has 0 saturated heterocycles. The fourth-order valence-corrected chi connectivity index (χ4v) is 1.97. The average molecular weight is 271 g/mol. The van der Waals surface area contributed by atoms with Gasteiger partial charge in [0.15, 0.2) is 6.04 Å². The number of aliphatic carboxylic acids is 1. The molecule has 0 saturated carbocycles. The molecule has 0 bridgehead atoms. The summed E-state index contributed by atoms with van der Waals surface area (Å²) in [5, 5.41) is 9.23. The summed E-state index contributed by atoms with van der Waals surface area (Å²) in [6.45, 7) is 4.40. The van der Waals surface area contributed by atoms with E-state index in [0.717, 1.165) is 23.1 Å². The van der Waals surface area contributed by atoms with E-state index in [1.807, 2.05) is 0 Å². The quantitative estimate of drug-likeness (QED) is 0.914. The number of amides is 1. The van der Waals surface area contributed by atoms with Gasteiger partial charge in [-0.05, 0) is 32.0 Å². The molecule has 6 heteroatoms. The summed E-state index contributed by atoms with van der Waals surface area (Å²) in [5.41, 5.74) is -0.364. The Bertz CT molecular complexity index is 503. The molecule has 0 spiro atoms. The van der Waals surface area contributed by atoms with Crippen LogP contribution in [0.5, 0.6) is 0 Å². The first kappa shape index (κ1) is 15.1. The fraction of sp³-hybridized carbons (Fsp3) is 0.385. The van der Waals surface area contributed by atoms with Gasteiger partial charge in [0.1, 0.15) is 11.6 Å². The van der Waals surface area contributed by atoms with E-state index in [0.29, 0.717) is 0 Å². The van der Waals surface area contributed by atoms with Crippen molar-refractivity contribution in [1.82, 2.24) is 4.90 Å². The van der Waals surface area contributed by atoms with Gasteiger partial charge in [-0.25, -0.2) is 13.6 Å². The molecule has 104 valence electrons. The van der Waals surface area contributed by atoms with Crippen LogP contribution in [0, 0.1) is 11.6 Å². The van der Waals surface area contributed by atoms with Crippen molar-refractivity contribution < 1.29 is 23.5 Å². The number of hydrogen-bond donors (Lipinski definition) is 1. The molecule has 1 aromatic rings. The second-order valence-corrected chi connectivity index (χ2v) is 4.43. The molecule has 1 amide bonds. The van der Waals surface area contributed by atoms with Gasteiger partial charge in [-0.15, -0.1) is 0 Å². The zero-order chi connectivity index (χ0) is 14.7. The van der Waals surface area contributed by atoms with Crippen LogP contribution < -0.4 is 0 Å². The van der Waals surface area contributed by atoms with Crippen molar-refractivity contribution in [1.29, 1.82) is 0 Å². The lowest BCUT2D eigenvalue weighted by molar-refractivity contribution is -0.151. The third-order valence-corrected chi connectivity index (χ3v) is 2.68. The summed E-state index contributed by atoms with van der Waals surface area (Å²) < 4.78 is 26.9. The molecule has 0 radical (unpaired) electrons. The largest absolute Gasteiger partial charge is 0.479 e. The number of carbonyl (C=O) groups excluding carboxylic acids is 1. The Hall–Kier alpha value is -1.98. The van der Waals surface area contributed by atoms with Crippen LogP contribution in [-0.4, -0.2) is 27.9 Å². The Morgan fingerprint density at radius 2 is 1.84 bits per heavy atom. The van der Waals surface area contributed by atoms with E-state index in [4.69, 9.17) is 0 Å². The number of carbonyl (C=O) groups is 2. The van der Waals surface area contributed by atoms with E-state index in [9.17, 15) is 23.5 Å². The molecule has 1 N–H and O–H groups in total. The molecule has 0 aromatic heterocycles. The summed E-state index contributed by atoms with van der Waals surface area (Å²) in [4.78, 5) is 23.9. The highest BCUT2D eigenvalue weighted by Crippen LogP contribution is 2.26. The van der Waals surface area contributed by atoms with Gasteiger partial charge in [0, 0.05) is 18.5 Å². The van der Waals surface area contributed by atoms with E-state index in [1.54, 1.807) is 13.8 Å². The number of carboxylic acid groups (broad SMARTS) is 1. The molecule has 1 unspecified atom stereocenters. The summed E-state index contributed by atoms with van der Waals surface area (Å²) in [5.74, 6) is -3.55. The second-order valence-electron chi connectivity index (χ2n) is 4.43. The first-order valence-electron chi connectivity index (χ1n) is 5.72. The topological polar surface area (TPSA) is 57.6 Å². The fourth-order valence-electron chi connectivity index (χ4n) is 1.97. The molecule has 1 aromatic carbocycles. The van der Waals surface area contributed by atoms with Gasteiger partial charge in [-0.1, -0.05) is 0 Å². The zero-order valence-corrected chi connectivity index (χ0v) is 10.9. The van der Waals surface area contributed by atoms with E-state index in [2.05, 4.69) is 0 Å². The molecular weight excluding hydrogens is 256 g/mol.